The van der Waals surface area contributed by atoms with Crippen molar-refractivity contribution in [2.45, 2.75) is 13.6 Å². The van der Waals surface area contributed by atoms with Gasteiger partial charge in [0.2, 0.25) is 10.7 Å². The second-order valence-electron chi connectivity index (χ2n) is 7.99. The summed E-state index contributed by atoms with van der Waals surface area (Å²) in [7, 11) is 1.78. The predicted molar refractivity (Wildman–Crippen MR) is 130 cm³/mol. The van der Waals surface area contributed by atoms with Crippen LogP contribution in [-0.4, -0.2) is 38.7 Å². The first-order valence-electron chi connectivity index (χ1n) is 10.6. The SMILES string of the molecule is Cc1ccc(NC(=O)CN(C)Cn2nc(-c3ccc(F)cc3)n(-c3ccc(F)cc3)c2=S)cc1. The standard InChI is InChI=1S/C25H23F2N5OS/c1-17-3-11-21(12-4-17)28-23(33)15-30(2)16-31-25(34)32(22-13-9-20(27)10-14-22)24(29-31)18-5-7-19(26)8-6-18/h3-14H,15-16H2,1-2H3,(H,28,33). The van der Waals surface area contributed by atoms with Gasteiger partial charge in [0.1, 0.15) is 11.6 Å². The summed E-state index contributed by atoms with van der Waals surface area (Å²) in [4.78, 5) is 14.3. The van der Waals surface area contributed by atoms with E-state index in [4.69, 9.17) is 12.2 Å². The lowest BCUT2D eigenvalue weighted by Gasteiger charge is -2.16. The highest BCUT2D eigenvalue weighted by Crippen LogP contribution is 2.23. The Morgan fingerprint density at radius 1 is 0.971 bits per heavy atom. The van der Waals surface area contributed by atoms with E-state index in [1.807, 2.05) is 31.2 Å². The van der Waals surface area contributed by atoms with Crippen LogP contribution in [0, 0.1) is 23.3 Å². The Hall–Kier alpha value is -3.69. The number of carbonyl (C=O) groups is 1. The number of rotatable bonds is 7. The number of nitrogens with one attached hydrogen (secondary N) is 1. The van der Waals surface area contributed by atoms with Gasteiger partial charge in [0.05, 0.1) is 18.9 Å². The highest BCUT2D eigenvalue weighted by atomic mass is 32.1. The summed E-state index contributed by atoms with van der Waals surface area (Å²) in [6, 6.07) is 19.3. The average Bonchev–Trinajstić information content (AvgIpc) is 3.12. The van der Waals surface area contributed by atoms with Crippen LogP contribution < -0.4 is 5.32 Å². The molecule has 1 amide bonds. The Morgan fingerprint density at radius 2 is 1.56 bits per heavy atom. The molecule has 0 aliphatic heterocycles. The van der Waals surface area contributed by atoms with Crippen molar-refractivity contribution < 1.29 is 13.6 Å². The first kappa shape index (κ1) is 23.5. The summed E-state index contributed by atoms with van der Waals surface area (Å²) in [6.45, 7) is 2.34. The molecule has 6 nitrogen and oxygen atoms in total. The minimum absolute atomic E-state index is 0.116. The molecule has 0 bridgehead atoms. The maximum Gasteiger partial charge on any atom is 0.238 e. The van der Waals surface area contributed by atoms with Crippen molar-refractivity contribution in [1.82, 2.24) is 19.2 Å². The van der Waals surface area contributed by atoms with Gasteiger partial charge in [-0.25, -0.2) is 13.5 Å². The lowest BCUT2D eigenvalue weighted by molar-refractivity contribution is -0.117. The van der Waals surface area contributed by atoms with Gasteiger partial charge in [-0.05, 0) is 86.9 Å². The van der Waals surface area contributed by atoms with E-state index in [0.717, 1.165) is 11.3 Å². The molecule has 0 saturated heterocycles. The molecule has 9 heteroatoms. The van der Waals surface area contributed by atoms with Gasteiger partial charge in [-0.1, -0.05) is 17.7 Å². The number of amides is 1. The molecule has 0 saturated carbocycles. The van der Waals surface area contributed by atoms with Gasteiger partial charge in [-0.3, -0.25) is 14.3 Å². The average molecular weight is 480 g/mol. The maximum absolute atomic E-state index is 13.5. The first-order chi connectivity index (χ1) is 16.3. The van der Waals surface area contributed by atoms with E-state index in [1.54, 1.807) is 45.5 Å². The third-order valence-electron chi connectivity index (χ3n) is 5.15. The molecule has 3 aromatic carbocycles. The van der Waals surface area contributed by atoms with E-state index < -0.39 is 0 Å². The quantitative estimate of drug-likeness (QED) is 0.371. The van der Waals surface area contributed by atoms with E-state index in [0.29, 0.717) is 21.8 Å². The zero-order valence-corrected chi connectivity index (χ0v) is 19.5. The Kier molecular flexibility index (Phi) is 6.95. The largest absolute Gasteiger partial charge is 0.325 e. The lowest BCUT2D eigenvalue weighted by Crippen LogP contribution is -2.32. The topological polar surface area (TPSA) is 55.1 Å². The van der Waals surface area contributed by atoms with Gasteiger partial charge in [0.25, 0.3) is 0 Å². The summed E-state index contributed by atoms with van der Waals surface area (Å²) in [5.41, 5.74) is 3.10. The summed E-state index contributed by atoms with van der Waals surface area (Å²) in [6.07, 6.45) is 0. The van der Waals surface area contributed by atoms with Crippen LogP contribution in [-0.2, 0) is 11.5 Å². The third kappa shape index (κ3) is 5.44. The number of benzene rings is 3. The van der Waals surface area contributed by atoms with Gasteiger partial charge in [-0.2, -0.15) is 0 Å². The van der Waals surface area contributed by atoms with Crippen molar-refractivity contribution in [3.8, 4) is 17.1 Å². The summed E-state index contributed by atoms with van der Waals surface area (Å²) in [5, 5.41) is 7.50. The fraction of sp³-hybridized carbons (Fsp3) is 0.160. The summed E-state index contributed by atoms with van der Waals surface area (Å²) < 4.78 is 30.6. The zero-order chi connectivity index (χ0) is 24.2. The lowest BCUT2D eigenvalue weighted by atomic mass is 10.2. The third-order valence-corrected chi connectivity index (χ3v) is 5.54. The zero-order valence-electron chi connectivity index (χ0n) is 18.7. The van der Waals surface area contributed by atoms with Crippen LogP contribution in [0.2, 0.25) is 0 Å². The van der Waals surface area contributed by atoms with Crippen molar-refractivity contribution in [3.63, 3.8) is 0 Å². The molecule has 0 aliphatic rings. The van der Waals surface area contributed by atoms with Crippen LogP contribution in [0.25, 0.3) is 17.1 Å². The molecule has 0 aliphatic carbocycles. The molecule has 4 rings (SSSR count). The van der Waals surface area contributed by atoms with Crippen molar-refractivity contribution in [2.75, 3.05) is 18.9 Å². The summed E-state index contributed by atoms with van der Waals surface area (Å²) in [5.74, 6) is -0.427. The minimum Gasteiger partial charge on any atom is -0.325 e. The van der Waals surface area contributed by atoms with Gasteiger partial charge < -0.3 is 5.32 Å². The van der Waals surface area contributed by atoms with E-state index in [9.17, 15) is 13.6 Å². The van der Waals surface area contributed by atoms with Gasteiger partial charge >= 0.3 is 0 Å². The van der Waals surface area contributed by atoms with Gasteiger partial charge in [-0.15, -0.1) is 5.10 Å². The molecule has 174 valence electrons. The van der Waals surface area contributed by atoms with Crippen LogP contribution in [0.1, 0.15) is 5.56 Å². The number of hydrogen-bond acceptors (Lipinski definition) is 4. The van der Waals surface area contributed by atoms with Crippen LogP contribution in [0.5, 0.6) is 0 Å². The van der Waals surface area contributed by atoms with Crippen molar-refractivity contribution in [1.29, 1.82) is 0 Å². The molecular formula is C25H23F2N5OS. The molecule has 0 spiro atoms. The van der Waals surface area contributed by atoms with Crippen molar-refractivity contribution in [3.05, 3.63) is 94.8 Å². The van der Waals surface area contributed by atoms with E-state index in [1.165, 1.54) is 24.3 Å². The predicted octanol–water partition coefficient (Wildman–Crippen LogP) is 5.18. The molecular weight excluding hydrogens is 456 g/mol. The number of aryl methyl sites for hydroxylation is 1. The van der Waals surface area contributed by atoms with E-state index in [-0.39, 0.29) is 30.8 Å². The number of hydrogen-bond donors (Lipinski definition) is 1. The molecule has 0 unspecified atom stereocenters. The number of likely N-dealkylation sites (N-methyl/N-ethyl adjacent to an activating group) is 1. The first-order valence-corrected chi connectivity index (χ1v) is 11.0. The molecule has 0 fully saturated rings. The number of aromatic nitrogens is 3. The second-order valence-corrected chi connectivity index (χ2v) is 8.36. The van der Waals surface area contributed by atoms with Gasteiger partial charge in [0.15, 0.2) is 5.82 Å². The Labute approximate surface area is 201 Å². The smallest absolute Gasteiger partial charge is 0.238 e. The van der Waals surface area contributed by atoms with Crippen LogP contribution in [0.4, 0.5) is 14.5 Å². The van der Waals surface area contributed by atoms with E-state index in [2.05, 4.69) is 10.4 Å². The van der Waals surface area contributed by atoms with Crippen LogP contribution in [0.3, 0.4) is 0 Å². The Bertz CT molecular complexity index is 1350. The molecule has 34 heavy (non-hydrogen) atoms. The number of anilines is 1. The van der Waals surface area contributed by atoms with Crippen molar-refractivity contribution in [2.24, 2.45) is 0 Å². The van der Waals surface area contributed by atoms with Crippen LogP contribution >= 0.6 is 12.2 Å². The molecule has 0 radical (unpaired) electrons. The molecule has 1 heterocycles. The minimum atomic E-state index is -0.370. The summed E-state index contributed by atoms with van der Waals surface area (Å²) >= 11 is 5.67. The Morgan fingerprint density at radius 3 is 2.18 bits per heavy atom. The normalized spacial score (nSPS) is 11.1. The molecule has 4 aromatic rings. The fourth-order valence-electron chi connectivity index (χ4n) is 3.47. The highest BCUT2D eigenvalue weighted by molar-refractivity contribution is 7.71. The van der Waals surface area contributed by atoms with Crippen LogP contribution in [0.15, 0.2) is 72.8 Å². The fourth-order valence-corrected chi connectivity index (χ4v) is 3.76. The number of halogens is 2. The monoisotopic (exact) mass is 479 g/mol. The Balaban J connectivity index is 1.59. The highest BCUT2D eigenvalue weighted by Gasteiger charge is 2.17. The van der Waals surface area contributed by atoms with E-state index >= 15 is 0 Å². The number of nitrogens with zero attached hydrogens (tertiary/aromatic N) is 4. The number of carbonyl (C=O) groups excluding carboxylic acids is 1. The maximum atomic E-state index is 13.5. The molecule has 1 aromatic heterocycles. The second kappa shape index (κ2) is 10.1. The van der Waals surface area contributed by atoms with Crippen molar-refractivity contribution >= 4 is 23.8 Å². The molecule has 0 atom stereocenters. The van der Waals surface area contributed by atoms with Gasteiger partial charge in [0, 0.05) is 11.3 Å². The molecule has 1 N–H and O–H groups in total.